The van der Waals surface area contributed by atoms with E-state index in [9.17, 15) is 0 Å². The number of nitrogens with zero attached hydrogens (tertiary/aromatic N) is 3. The van der Waals surface area contributed by atoms with Crippen LogP contribution in [0.25, 0.3) is 0 Å². The number of nitrogens with two attached hydrogens (primary N) is 1. The first-order chi connectivity index (χ1) is 10.4. The predicted molar refractivity (Wildman–Crippen MR) is 88.7 cm³/mol. The van der Waals surface area contributed by atoms with Gasteiger partial charge in [-0.2, -0.15) is 4.98 Å². The van der Waals surface area contributed by atoms with Gasteiger partial charge in [0.1, 0.15) is 5.82 Å². The van der Waals surface area contributed by atoms with Gasteiger partial charge in [0.2, 0.25) is 5.95 Å². The van der Waals surface area contributed by atoms with Gasteiger partial charge in [0.05, 0.1) is 0 Å². The molecule has 5 heteroatoms. The maximum atomic E-state index is 4.64. The van der Waals surface area contributed by atoms with Crippen molar-refractivity contribution in [2.75, 3.05) is 36.9 Å². The molecule has 3 N–H and O–H groups in total. The third-order valence-electron chi connectivity index (χ3n) is 4.34. The Morgan fingerprint density at radius 2 is 1.86 bits per heavy atom. The summed E-state index contributed by atoms with van der Waals surface area (Å²) in [6.07, 6.45) is 11.4. The van der Waals surface area contributed by atoms with Crippen molar-refractivity contribution in [2.24, 2.45) is 11.7 Å². The highest BCUT2D eigenvalue weighted by Crippen LogP contribution is 2.24. The molecule has 0 spiro atoms. The lowest BCUT2D eigenvalue weighted by molar-refractivity contribution is 0.373. The summed E-state index contributed by atoms with van der Waals surface area (Å²) in [5, 5.41) is 3.43. The Hall–Kier alpha value is -1.36. The molecule has 1 aromatic heterocycles. The summed E-state index contributed by atoms with van der Waals surface area (Å²) < 4.78 is 0. The average Bonchev–Trinajstić information content (AvgIpc) is 3.11. The highest BCUT2D eigenvalue weighted by Gasteiger charge is 2.15. The summed E-state index contributed by atoms with van der Waals surface area (Å²) in [6, 6.07) is 2.02. The van der Waals surface area contributed by atoms with Crippen LogP contribution in [-0.4, -0.2) is 36.6 Å². The molecule has 118 valence electrons. The van der Waals surface area contributed by atoms with Crippen LogP contribution in [0.3, 0.4) is 0 Å². The molecule has 0 atom stereocenters. The monoisotopic (exact) mass is 291 g/mol. The van der Waals surface area contributed by atoms with Crippen LogP contribution >= 0.6 is 0 Å². The maximum Gasteiger partial charge on any atom is 0.224 e. The van der Waals surface area contributed by atoms with E-state index >= 15 is 0 Å². The molecular weight excluding hydrogens is 262 g/mol. The first-order valence-electron chi connectivity index (χ1n) is 8.31. The van der Waals surface area contributed by atoms with Crippen molar-refractivity contribution in [1.82, 2.24) is 9.97 Å². The predicted octanol–water partition coefficient (Wildman–Crippen LogP) is 2.64. The van der Waals surface area contributed by atoms with Crippen molar-refractivity contribution in [3.8, 4) is 0 Å². The van der Waals surface area contributed by atoms with Crippen LogP contribution in [0.4, 0.5) is 11.8 Å². The molecule has 0 radical (unpaired) electrons. The van der Waals surface area contributed by atoms with Gasteiger partial charge in [-0.1, -0.05) is 19.3 Å². The molecule has 2 fully saturated rings. The molecule has 0 unspecified atom stereocenters. The fourth-order valence-electron chi connectivity index (χ4n) is 3.18. The Morgan fingerprint density at radius 1 is 1.14 bits per heavy atom. The number of rotatable bonds is 4. The number of hydrogen-bond acceptors (Lipinski definition) is 5. The van der Waals surface area contributed by atoms with Crippen LogP contribution in [0.1, 0.15) is 44.9 Å². The molecule has 1 aliphatic heterocycles. The van der Waals surface area contributed by atoms with Crippen molar-refractivity contribution in [2.45, 2.75) is 44.9 Å². The molecule has 3 rings (SSSR count). The van der Waals surface area contributed by atoms with E-state index in [1.165, 1.54) is 52.0 Å². The van der Waals surface area contributed by atoms with Gasteiger partial charge >= 0.3 is 0 Å². The van der Waals surface area contributed by atoms with E-state index in [1.54, 1.807) is 0 Å². The quantitative estimate of drug-likeness (QED) is 0.892. The number of nitrogens with one attached hydrogen (secondary N) is 1. The zero-order chi connectivity index (χ0) is 14.9. The summed E-state index contributed by atoms with van der Waals surface area (Å²) in [5.74, 6) is 2.70. The normalized spacial score (nSPS) is 19.0. The Balaban J connectivity index is 0.000000774. The van der Waals surface area contributed by atoms with Gasteiger partial charge in [0, 0.05) is 25.8 Å². The summed E-state index contributed by atoms with van der Waals surface area (Å²) >= 11 is 0. The van der Waals surface area contributed by atoms with Gasteiger partial charge in [-0.05, 0) is 44.7 Å². The lowest BCUT2D eigenvalue weighted by atomic mass is 9.89. The van der Waals surface area contributed by atoms with Crippen molar-refractivity contribution in [3.63, 3.8) is 0 Å². The van der Waals surface area contributed by atoms with E-state index in [-0.39, 0.29) is 0 Å². The minimum Gasteiger partial charge on any atom is -0.356 e. The van der Waals surface area contributed by atoms with E-state index in [0.29, 0.717) is 0 Å². The van der Waals surface area contributed by atoms with Gasteiger partial charge < -0.3 is 16.0 Å². The van der Waals surface area contributed by atoms with E-state index < -0.39 is 0 Å². The van der Waals surface area contributed by atoms with E-state index in [1.807, 2.05) is 12.3 Å². The first-order valence-corrected chi connectivity index (χ1v) is 8.31. The van der Waals surface area contributed by atoms with E-state index in [2.05, 4.69) is 25.9 Å². The molecule has 1 saturated heterocycles. The second-order valence-electron chi connectivity index (χ2n) is 5.82. The van der Waals surface area contributed by atoms with Gasteiger partial charge in [0.15, 0.2) is 0 Å². The average molecular weight is 291 g/mol. The number of hydrogen-bond donors (Lipinski definition) is 2. The lowest BCUT2D eigenvalue weighted by Crippen LogP contribution is -2.21. The van der Waals surface area contributed by atoms with Crippen LogP contribution in [0, 0.1) is 5.92 Å². The van der Waals surface area contributed by atoms with Gasteiger partial charge in [0.25, 0.3) is 0 Å². The van der Waals surface area contributed by atoms with Gasteiger partial charge in [-0.3, -0.25) is 0 Å². The Labute approximate surface area is 128 Å². The molecule has 2 heterocycles. The Bertz CT molecular complexity index is 397. The summed E-state index contributed by atoms with van der Waals surface area (Å²) in [6.45, 7) is 3.31. The first kappa shape index (κ1) is 16.0. The molecule has 0 aromatic carbocycles. The summed E-state index contributed by atoms with van der Waals surface area (Å²) in [7, 11) is 1.50. The fraction of sp³-hybridized carbons (Fsp3) is 0.750. The lowest BCUT2D eigenvalue weighted by Gasteiger charge is -2.22. The summed E-state index contributed by atoms with van der Waals surface area (Å²) in [4.78, 5) is 11.3. The van der Waals surface area contributed by atoms with E-state index in [0.717, 1.165) is 37.3 Å². The van der Waals surface area contributed by atoms with Crippen molar-refractivity contribution in [1.29, 1.82) is 0 Å². The van der Waals surface area contributed by atoms with Gasteiger partial charge in [-0.15, -0.1) is 0 Å². The third-order valence-corrected chi connectivity index (χ3v) is 4.34. The fourth-order valence-corrected chi connectivity index (χ4v) is 3.18. The molecule has 1 aromatic rings. The molecule has 5 nitrogen and oxygen atoms in total. The molecule has 2 aliphatic rings. The van der Waals surface area contributed by atoms with Crippen LogP contribution in [0.2, 0.25) is 0 Å². The number of aromatic nitrogens is 2. The van der Waals surface area contributed by atoms with Crippen LogP contribution in [0.15, 0.2) is 12.3 Å². The second kappa shape index (κ2) is 8.82. The van der Waals surface area contributed by atoms with Crippen molar-refractivity contribution < 1.29 is 0 Å². The topological polar surface area (TPSA) is 67.1 Å². The van der Waals surface area contributed by atoms with Crippen LogP contribution < -0.4 is 16.0 Å². The Morgan fingerprint density at radius 3 is 2.57 bits per heavy atom. The number of anilines is 2. The standard InChI is InChI=1S/C15H24N4.CH5N/c1-2-6-13(7-3-1)12-17-15-16-9-8-14(18-15)19-10-4-5-11-19;1-2/h8-9,13H,1-7,10-12H2,(H,16,17,18);2H2,1H3. The minimum atomic E-state index is 0.801. The molecule has 1 saturated carbocycles. The molecular formula is C16H29N5. The summed E-state index contributed by atoms with van der Waals surface area (Å²) in [5.41, 5.74) is 4.50. The second-order valence-corrected chi connectivity index (χ2v) is 5.82. The van der Waals surface area contributed by atoms with Gasteiger partial charge in [-0.25, -0.2) is 4.98 Å². The van der Waals surface area contributed by atoms with Crippen LogP contribution in [0.5, 0.6) is 0 Å². The zero-order valence-electron chi connectivity index (χ0n) is 13.2. The third kappa shape index (κ3) is 4.84. The smallest absolute Gasteiger partial charge is 0.224 e. The highest BCUT2D eigenvalue weighted by molar-refractivity contribution is 5.43. The van der Waals surface area contributed by atoms with E-state index in [4.69, 9.17) is 0 Å². The molecule has 1 aliphatic carbocycles. The van der Waals surface area contributed by atoms with Crippen molar-refractivity contribution >= 4 is 11.8 Å². The molecule has 0 amide bonds. The maximum absolute atomic E-state index is 4.64. The minimum absolute atomic E-state index is 0.801. The zero-order valence-corrected chi connectivity index (χ0v) is 13.2. The molecule has 21 heavy (non-hydrogen) atoms. The SMILES string of the molecule is CN.c1cc(N2CCCC2)nc(NCC2CCCCC2)n1. The van der Waals surface area contributed by atoms with Crippen LogP contribution in [-0.2, 0) is 0 Å². The molecule has 0 bridgehead atoms. The Kier molecular flexibility index (Phi) is 6.73. The largest absolute Gasteiger partial charge is 0.356 e. The highest BCUT2D eigenvalue weighted by atomic mass is 15.2. The van der Waals surface area contributed by atoms with Crippen molar-refractivity contribution in [3.05, 3.63) is 12.3 Å².